The molecule has 2 heterocycles. The molecule has 1 atom stereocenters. The van der Waals surface area contributed by atoms with Crippen LogP contribution in [0.2, 0.25) is 0 Å². The number of hydrogen-bond acceptors (Lipinski definition) is 2. The SMILES string of the molecule is Cc1ccc(CN2CCCCC2CCN2CCCC2=O)c(C)c1F. The number of hydrogen-bond donors (Lipinski definition) is 0. The number of benzene rings is 1. The second kappa shape index (κ2) is 7.64. The normalized spacial score (nSPS) is 22.4. The number of piperidine rings is 1. The molecule has 3 nitrogen and oxygen atoms in total. The predicted molar refractivity (Wildman–Crippen MR) is 94.4 cm³/mol. The van der Waals surface area contributed by atoms with Crippen molar-refractivity contribution < 1.29 is 9.18 Å². The van der Waals surface area contributed by atoms with Gasteiger partial charge in [0.2, 0.25) is 5.91 Å². The third-order valence-corrected chi connectivity index (χ3v) is 5.72. The van der Waals surface area contributed by atoms with Gasteiger partial charge in [0.15, 0.2) is 0 Å². The topological polar surface area (TPSA) is 23.6 Å². The molecule has 0 spiro atoms. The van der Waals surface area contributed by atoms with Crippen LogP contribution in [0.4, 0.5) is 4.39 Å². The summed E-state index contributed by atoms with van der Waals surface area (Å²) in [4.78, 5) is 16.3. The van der Waals surface area contributed by atoms with Gasteiger partial charge in [-0.2, -0.15) is 0 Å². The van der Waals surface area contributed by atoms with Crippen molar-refractivity contribution in [2.75, 3.05) is 19.6 Å². The highest BCUT2D eigenvalue weighted by atomic mass is 19.1. The van der Waals surface area contributed by atoms with E-state index >= 15 is 0 Å². The zero-order valence-corrected chi connectivity index (χ0v) is 15.0. The summed E-state index contributed by atoms with van der Waals surface area (Å²) < 4.78 is 14.2. The highest BCUT2D eigenvalue weighted by Crippen LogP contribution is 2.25. The lowest BCUT2D eigenvalue weighted by atomic mass is 9.97. The van der Waals surface area contributed by atoms with E-state index in [1.165, 1.54) is 19.3 Å². The molecule has 2 aliphatic rings. The van der Waals surface area contributed by atoms with Crippen LogP contribution in [0.5, 0.6) is 0 Å². The zero-order chi connectivity index (χ0) is 17.1. The Kier molecular flexibility index (Phi) is 5.54. The average Bonchev–Trinajstić information content (AvgIpc) is 2.99. The van der Waals surface area contributed by atoms with E-state index in [4.69, 9.17) is 0 Å². The number of aryl methyl sites for hydroxylation is 1. The summed E-state index contributed by atoms with van der Waals surface area (Å²) in [5, 5.41) is 0. The van der Waals surface area contributed by atoms with Crippen molar-refractivity contribution in [1.29, 1.82) is 0 Å². The second-order valence-corrected chi connectivity index (χ2v) is 7.37. The van der Waals surface area contributed by atoms with Crippen molar-refractivity contribution in [3.05, 3.63) is 34.6 Å². The van der Waals surface area contributed by atoms with Gasteiger partial charge in [0.25, 0.3) is 0 Å². The molecule has 0 saturated carbocycles. The van der Waals surface area contributed by atoms with Gasteiger partial charge in [-0.05, 0) is 62.8 Å². The Morgan fingerprint density at radius 2 is 2.00 bits per heavy atom. The summed E-state index contributed by atoms with van der Waals surface area (Å²) in [6.07, 6.45) is 6.43. The Labute approximate surface area is 144 Å². The number of carbonyl (C=O) groups excluding carboxylic acids is 1. The first-order valence-electron chi connectivity index (χ1n) is 9.32. The van der Waals surface area contributed by atoms with Crippen LogP contribution >= 0.6 is 0 Å². The average molecular weight is 332 g/mol. The number of halogens is 1. The molecule has 2 saturated heterocycles. The molecule has 0 N–H and O–H groups in total. The van der Waals surface area contributed by atoms with E-state index in [1.807, 2.05) is 24.8 Å². The first-order valence-corrected chi connectivity index (χ1v) is 9.32. The molecule has 3 rings (SSSR count). The molecule has 0 bridgehead atoms. The van der Waals surface area contributed by atoms with E-state index in [0.29, 0.717) is 11.9 Å². The molecular weight excluding hydrogens is 303 g/mol. The van der Waals surface area contributed by atoms with Gasteiger partial charge in [-0.1, -0.05) is 18.6 Å². The Morgan fingerprint density at radius 1 is 1.17 bits per heavy atom. The minimum Gasteiger partial charge on any atom is -0.343 e. The number of nitrogens with zero attached hydrogens (tertiary/aromatic N) is 2. The van der Waals surface area contributed by atoms with Gasteiger partial charge < -0.3 is 4.90 Å². The zero-order valence-electron chi connectivity index (χ0n) is 15.0. The summed E-state index contributed by atoms with van der Waals surface area (Å²) >= 11 is 0. The maximum atomic E-state index is 14.2. The Balaban J connectivity index is 1.64. The number of likely N-dealkylation sites (tertiary alicyclic amines) is 2. The van der Waals surface area contributed by atoms with Crippen molar-refractivity contribution in [1.82, 2.24) is 9.80 Å². The fourth-order valence-electron chi connectivity index (χ4n) is 4.09. The molecule has 1 amide bonds. The van der Waals surface area contributed by atoms with Crippen molar-refractivity contribution in [2.45, 2.75) is 65.0 Å². The standard InChI is InChI=1S/C20H29FN2O/c1-15-8-9-17(16(2)20(15)21)14-23-11-4-3-6-18(23)10-13-22-12-5-7-19(22)24/h8-9,18H,3-7,10-14H2,1-2H3. The van der Waals surface area contributed by atoms with Gasteiger partial charge in [0, 0.05) is 32.1 Å². The third-order valence-electron chi connectivity index (χ3n) is 5.72. The van der Waals surface area contributed by atoms with Crippen LogP contribution in [0.25, 0.3) is 0 Å². The van der Waals surface area contributed by atoms with E-state index in [2.05, 4.69) is 11.0 Å². The molecule has 24 heavy (non-hydrogen) atoms. The first-order chi connectivity index (χ1) is 11.6. The quantitative estimate of drug-likeness (QED) is 0.818. The van der Waals surface area contributed by atoms with Gasteiger partial charge in [-0.15, -0.1) is 0 Å². The summed E-state index contributed by atoms with van der Waals surface area (Å²) in [6.45, 7) is 7.41. The van der Waals surface area contributed by atoms with Crippen molar-refractivity contribution in [2.24, 2.45) is 0 Å². The molecule has 1 aromatic carbocycles. The molecule has 0 radical (unpaired) electrons. The molecule has 2 fully saturated rings. The second-order valence-electron chi connectivity index (χ2n) is 7.37. The van der Waals surface area contributed by atoms with Crippen molar-refractivity contribution in [3.63, 3.8) is 0 Å². The van der Waals surface area contributed by atoms with Crippen LogP contribution in [0.15, 0.2) is 12.1 Å². The van der Waals surface area contributed by atoms with Crippen molar-refractivity contribution in [3.8, 4) is 0 Å². The molecule has 2 aliphatic heterocycles. The smallest absolute Gasteiger partial charge is 0.222 e. The lowest BCUT2D eigenvalue weighted by Gasteiger charge is -2.37. The van der Waals surface area contributed by atoms with E-state index in [9.17, 15) is 9.18 Å². The number of carbonyl (C=O) groups is 1. The van der Waals surface area contributed by atoms with Crippen LogP contribution < -0.4 is 0 Å². The van der Waals surface area contributed by atoms with Gasteiger partial charge in [-0.25, -0.2) is 4.39 Å². The predicted octanol–water partition coefficient (Wildman–Crippen LogP) is 3.81. The maximum absolute atomic E-state index is 14.2. The number of rotatable bonds is 5. The van der Waals surface area contributed by atoms with E-state index in [0.717, 1.165) is 62.1 Å². The van der Waals surface area contributed by atoms with E-state index < -0.39 is 0 Å². The monoisotopic (exact) mass is 332 g/mol. The molecule has 0 aromatic heterocycles. The molecule has 4 heteroatoms. The van der Waals surface area contributed by atoms with Crippen LogP contribution in [0, 0.1) is 19.7 Å². The first kappa shape index (κ1) is 17.4. The summed E-state index contributed by atoms with van der Waals surface area (Å²) in [5.74, 6) is 0.248. The summed E-state index contributed by atoms with van der Waals surface area (Å²) in [6, 6.07) is 4.47. The molecular formula is C20H29FN2O. The molecule has 1 unspecified atom stereocenters. The largest absolute Gasteiger partial charge is 0.343 e. The van der Waals surface area contributed by atoms with Gasteiger partial charge in [-0.3, -0.25) is 9.69 Å². The van der Waals surface area contributed by atoms with E-state index in [-0.39, 0.29) is 5.82 Å². The molecule has 0 aliphatic carbocycles. The highest BCUT2D eigenvalue weighted by molar-refractivity contribution is 5.78. The third kappa shape index (κ3) is 3.80. The van der Waals surface area contributed by atoms with E-state index in [1.54, 1.807) is 0 Å². The van der Waals surface area contributed by atoms with Crippen LogP contribution in [-0.2, 0) is 11.3 Å². The fraction of sp³-hybridized carbons (Fsp3) is 0.650. The van der Waals surface area contributed by atoms with Gasteiger partial charge >= 0.3 is 0 Å². The molecule has 132 valence electrons. The van der Waals surface area contributed by atoms with Gasteiger partial charge in [0.1, 0.15) is 5.82 Å². The Hall–Kier alpha value is -1.42. The fourth-order valence-corrected chi connectivity index (χ4v) is 4.09. The lowest BCUT2D eigenvalue weighted by molar-refractivity contribution is -0.127. The van der Waals surface area contributed by atoms with Crippen LogP contribution in [0.1, 0.15) is 55.2 Å². The van der Waals surface area contributed by atoms with Crippen molar-refractivity contribution >= 4 is 5.91 Å². The number of amides is 1. The van der Waals surface area contributed by atoms with Crippen LogP contribution in [-0.4, -0.2) is 41.4 Å². The minimum atomic E-state index is -0.0660. The Morgan fingerprint density at radius 3 is 2.75 bits per heavy atom. The highest BCUT2D eigenvalue weighted by Gasteiger charge is 2.26. The Bertz CT molecular complexity index is 602. The van der Waals surface area contributed by atoms with Gasteiger partial charge in [0.05, 0.1) is 0 Å². The minimum absolute atomic E-state index is 0.0660. The summed E-state index contributed by atoms with van der Waals surface area (Å²) in [7, 11) is 0. The summed E-state index contributed by atoms with van der Waals surface area (Å²) in [5.41, 5.74) is 2.61. The van der Waals surface area contributed by atoms with Crippen LogP contribution in [0.3, 0.4) is 0 Å². The lowest BCUT2D eigenvalue weighted by Crippen LogP contribution is -2.41. The maximum Gasteiger partial charge on any atom is 0.222 e. The molecule has 1 aromatic rings.